The van der Waals surface area contributed by atoms with Gasteiger partial charge in [0.25, 0.3) is 5.91 Å². The van der Waals surface area contributed by atoms with Crippen molar-refractivity contribution in [3.8, 4) is 0 Å². The van der Waals surface area contributed by atoms with Crippen molar-refractivity contribution in [2.45, 2.75) is 13.8 Å². The Morgan fingerprint density at radius 1 is 1.08 bits per heavy atom. The molecule has 0 spiro atoms. The summed E-state index contributed by atoms with van der Waals surface area (Å²) in [7, 11) is 2.10. The molecule has 0 unspecified atom stereocenters. The lowest BCUT2D eigenvalue weighted by Crippen LogP contribution is -2.46. The zero-order chi connectivity index (χ0) is 18.7. The molecule has 1 aromatic heterocycles. The summed E-state index contributed by atoms with van der Waals surface area (Å²) >= 11 is 1.58. The van der Waals surface area contributed by atoms with Crippen LogP contribution in [0.25, 0.3) is 0 Å². The second kappa shape index (κ2) is 8.12. The highest BCUT2D eigenvalue weighted by Gasteiger charge is 2.18. The normalized spacial score (nSPS) is 15.8. The second-order valence-corrected chi connectivity index (χ2v) is 7.95. The molecule has 1 N–H and O–H groups in total. The van der Waals surface area contributed by atoms with Crippen molar-refractivity contribution in [3.63, 3.8) is 0 Å². The number of piperazine rings is 1. The third-order valence-electron chi connectivity index (χ3n) is 4.96. The first-order valence-electron chi connectivity index (χ1n) is 8.84. The minimum atomic E-state index is -0.108. The van der Waals surface area contributed by atoms with E-state index in [0.29, 0.717) is 23.4 Å². The first kappa shape index (κ1) is 18.8. The summed E-state index contributed by atoms with van der Waals surface area (Å²) in [6.07, 6.45) is 0. The fourth-order valence-electron chi connectivity index (χ4n) is 2.98. The zero-order valence-electron chi connectivity index (χ0n) is 15.5. The summed E-state index contributed by atoms with van der Waals surface area (Å²) in [6, 6.07) is 7.17. The molecular formula is C20H25N3O2S. The van der Waals surface area contributed by atoms with Gasteiger partial charge in [-0.05, 0) is 50.7 Å². The number of hydrogen-bond acceptors (Lipinski definition) is 5. The predicted octanol–water partition coefficient (Wildman–Crippen LogP) is 3.05. The molecule has 1 aromatic carbocycles. The zero-order valence-corrected chi connectivity index (χ0v) is 16.4. The van der Waals surface area contributed by atoms with Gasteiger partial charge in [0.15, 0.2) is 5.78 Å². The number of anilines is 1. The molecule has 0 saturated carbocycles. The van der Waals surface area contributed by atoms with Crippen LogP contribution in [0, 0.1) is 13.8 Å². The summed E-state index contributed by atoms with van der Waals surface area (Å²) in [6.45, 7) is 8.27. The average Bonchev–Trinajstić information content (AvgIpc) is 2.97. The van der Waals surface area contributed by atoms with E-state index in [2.05, 4.69) is 22.2 Å². The van der Waals surface area contributed by atoms with Crippen molar-refractivity contribution < 1.29 is 9.59 Å². The van der Waals surface area contributed by atoms with Crippen molar-refractivity contribution in [2.24, 2.45) is 0 Å². The molecule has 1 aliphatic rings. The number of rotatable bonds is 5. The van der Waals surface area contributed by atoms with Crippen LogP contribution in [-0.2, 0) is 0 Å². The number of likely N-dealkylation sites (N-methyl/N-ethyl adjacent to an activating group) is 1. The number of Topliss-reactive ketones (excluding diaryl/α,β-unsaturated/α-hetero) is 1. The molecule has 0 atom stereocenters. The Balaban J connectivity index is 1.58. The van der Waals surface area contributed by atoms with Crippen LogP contribution in [0.3, 0.4) is 0 Å². The van der Waals surface area contributed by atoms with Gasteiger partial charge in [0.1, 0.15) is 0 Å². The van der Waals surface area contributed by atoms with Crippen molar-refractivity contribution in [2.75, 3.05) is 45.1 Å². The number of carbonyl (C=O) groups is 2. The van der Waals surface area contributed by atoms with Crippen LogP contribution in [0.15, 0.2) is 29.6 Å². The Bertz CT molecular complexity index is 790. The fourth-order valence-corrected chi connectivity index (χ4v) is 3.84. The number of nitrogens with one attached hydrogen (secondary N) is 1. The van der Waals surface area contributed by atoms with Crippen LogP contribution < -0.4 is 5.32 Å². The van der Waals surface area contributed by atoms with Crippen molar-refractivity contribution >= 4 is 28.7 Å². The highest BCUT2D eigenvalue weighted by atomic mass is 32.1. The topological polar surface area (TPSA) is 52.7 Å². The van der Waals surface area contributed by atoms with Crippen LogP contribution in [0.4, 0.5) is 5.69 Å². The molecule has 2 heterocycles. The molecule has 6 heteroatoms. The smallest absolute Gasteiger partial charge is 0.256 e. The minimum Gasteiger partial charge on any atom is -0.322 e. The summed E-state index contributed by atoms with van der Waals surface area (Å²) in [5, 5.41) is 4.79. The Morgan fingerprint density at radius 2 is 1.73 bits per heavy atom. The third-order valence-corrected chi connectivity index (χ3v) is 5.97. The molecule has 1 saturated heterocycles. The number of carbonyl (C=O) groups excluding carboxylic acids is 2. The highest BCUT2D eigenvalue weighted by molar-refractivity contribution is 7.10. The van der Waals surface area contributed by atoms with Crippen molar-refractivity contribution in [3.05, 3.63) is 51.2 Å². The number of nitrogens with zero attached hydrogens (tertiary/aromatic N) is 2. The first-order valence-corrected chi connectivity index (χ1v) is 9.72. The maximum absolute atomic E-state index is 12.5. The van der Waals surface area contributed by atoms with E-state index in [1.807, 2.05) is 19.2 Å². The van der Waals surface area contributed by atoms with Gasteiger partial charge in [-0.2, -0.15) is 0 Å². The van der Waals surface area contributed by atoms with Gasteiger partial charge in [-0.1, -0.05) is 0 Å². The lowest BCUT2D eigenvalue weighted by Gasteiger charge is -2.31. The summed E-state index contributed by atoms with van der Waals surface area (Å²) in [5.74, 6) is 0.0140. The monoisotopic (exact) mass is 371 g/mol. The van der Waals surface area contributed by atoms with E-state index in [9.17, 15) is 9.59 Å². The average molecular weight is 372 g/mol. The number of ketones is 1. The van der Waals surface area contributed by atoms with Crippen LogP contribution in [0.2, 0.25) is 0 Å². The van der Waals surface area contributed by atoms with E-state index in [1.165, 1.54) is 0 Å². The molecule has 0 aliphatic carbocycles. The lowest BCUT2D eigenvalue weighted by molar-refractivity contribution is 0.0876. The molecule has 2 aromatic rings. The Kier molecular flexibility index (Phi) is 5.86. The molecule has 138 valence electrons. The lowest BCUT2D eigenvalue weighted by atomic mass is 10.1. The molecule has 3 rings (SSSR count). The molecule has 1 aliphatic heterocycles. The first-order chi connectivity index (χ1) is 12.4. The maximum atomic E-state index is 12.5. The van der Waals surface area contributed by atoms with E-state index >= 15 is 0 Å². The Hall–Kier alpha value is -2.02. The van der Waals surface area contributed by atoms with Gasteiger partial charge >= 0.3 is 0 Å². The molecule has 5 nitrogen and oxygen atoms in total. The number of thiophene rings is 1. The SMILES string of the molecule is Cc1scc(C(=O)Nc2ccc(C(=O)CN3CCN(C)CC3)cc2)c1C. The second-order valence-electron chi connectivity index (χ2n) is 6.86. The predicted molar refractivity (Wildman–Crippen MR) is 106 cm³/mol. The van der Waals surface area contributed by atoms with Crippen LogP contribution in [0.5, 0.6) is 0 Å². The highest BCUT2D eigenvalue weighted by Crippen LogP contribution is 2.22. The number of aryl methyl sites for hydroxylation is 1. The van der Waals surface area contributed by atoms with Crippen LogP contribution in [0.1, 0.15) is 31.2 Å². The molecule has 0 radical (unpaired) electrons. The van der Waals surface area contributed by atoms with Gasteiger partial charge in [0.05, 0.1) is 12.1 Å². The molecule has 0 bridgehead atoms. The number of amides is 1. The standard InChI is InChI=1S/C20H25N3O2S/c1-14-15(2)26-13-18(14)20(25)21-17-6-4-16(5-7-17)19(24)12-23-10-8-22(3)9-11-23/h4-7,13H,8-12H2,1-3H3,(H,21,25). The molecule has 1 fully saturated rings. The van der Waals surface area contributed by atoms with E-state index in [1.54, 1.807) is 35.6 Å². The van der Waals surface area contributed by atoms with Gasteiger partial charge in [-0.3, -0.25) is 14.5 Å². The molecular weight excluding hydrogens is 346 g/mol. The van der Waals surface area contributed by atoms with Gasteiger partial charge < -0.3 is 10.2 Å². The van der Waals surface area contributed by atoms with Gasteiger partial charge in [-0.25, -0.2) is 0 Å². The van der Waals surface area contributed by atoms with Crippen LogP contribution >= 0.6 is 11.3 Å². The van der Waals surface area contributed by atoms with E-state index < -0.39 is 0 Å². The quantitative estimate of drug-likeness (QED) is 0.821. The van der Waals surface area contributed by atoms with Gasteiger partial charge in [0.2, 0.25) is 0 Å². The summed E-state index contributed by atoms with van der Waals surface area (Å²) < 4.78 is 0. The molecule has 1 amide bonds. The van der Waals surface area contributed by atoms with E-state index in [0.717, 1.165) is 36.6 Å². The minimum absolute atomic E-state index is 0.108. The number of benzene rings is 1. The summed E-state index contributed by atoms with van der Waals surface area (Å²) in [4.78, 5) is 30.4. The Morgan fingerprint density at radius 3 is 2.31 bits per heavy atom. The van der Waals surface area contributed by atoms with Crippen molar-refractivity contribution in [1.82, 2.24) is 9.80 Å². The fraction of sp³-hybridized carbons (Fsp3) is 0.400. The van der Waals surface area contributed by atoms with Crippen LogP contribution in [-0.4, -0.2) is 61.3 Å². The van der Waals surface area contributed by atoms with E-state index in [4.69, 9.17) is 0 Å². The van der Waals surface area contributed by atoms with E-state index in [-0.39, 0.29) is 11.7 Å². The maximum Gasteiger partial charge on any atom is 0.256 e. The summed E-state index contributed by atoms with van der Waals surface area (Å²) in [5.41, 5.74) is 3.12. The molecule has 26 heavy (non-hydrogen) atoms. The van der Waals surface area contributed by atoms with Gasteiger partial charge in [-0.15, -0.1) is 11.3 Å². The van der Waals surface area contributed by atoms with Gasteiger partial charge in [0, 0.05) is 47.7 Å². The van der Waals surface area contributed by atoms with Crippen molar-refractivity contribution in [1.29, 1.82) is 0 Å². The Labute approximate surface area is 158 Å². The number of hydrogen-bond donors (Lipinski definition) is 1. The largest absolute Gasteiger partial charge is 0.322 e. The third kappa shape index (κ3) is 4.38.